The third kappa shape index (κ3) is 5.11. The average molecular weight is 304 g/mol. The molecule has 0 atom stereocenters. The summed E-state index contributed by atoms with van der Waals surface area (Å²) in [6.07, 6.45) is 1.04. The van der Waals surface area contributed by atoms with E-state index in [0.717, 1.165) is 11.1 Å². The van der Waals surface area contributed by atoms with Crippen molar-refractivity contribution in [3.63, 3.8) is 0 Å². The zero-order chi connectivity index (χ0) is 15.3. The first-order valence-electron chi connectivity index (χ1n) is 6.84. The van der Waals surface area contributed by atoms with Crippen molar-refractivity contribution in [2.45, 2.75) is 12.8 Å². The minimum absolute atomic E-state index is 0.159. The second-order valence-corrected chi connectivity index (χ2v) is 7.44. The summed E-state index contributed by atoms with van der Waals surface area (Å²) in [6, 6.07) is 14.6. The fraction of sp³-hybridized carbons (Fsp3) is 0.250. The lowest BCUT2D eigenvalue weighted by molar-refractivity contribution is 0.594. The van der Waals surface area contributed by atoms with Crippen LogP contribution in [0.5, 0.6) is 0 Å². The van der Waals surface area contributed by atoms with Gasteiger partial charge in [0.25, 0.3) is 0 Å². The number of nitrogens with two attached hydrogens (primary N) is 2. The molecule has 0 saturated carbocycles. The third-order valence-corrected chi connectivity index (χ3v) is 5.02. The maximum Gasteiger partial charge on any atom is 0.150 e. The molecule has 21 heavy (non-hydrogen) atoms. The first kappa shape index (κ1) is 15.4. The van der Waals surface area contributed by atoms with E-state index < -0.39 is 9.84 Å². The highest BCUT2D eigenvalue weighted by molar-refractivity contribution is 7.91. The number of rotatable bonds is 6. The summed E-state index contributed by atoms with van der Waals surface area (Å²) in [4.78, 5) is 0. The van der Waals surface area contributed by atoms with Gasteiger partial charge in [0.15, 0.2) is 9.84 Å². The Labute approximate surface area is 125 Å². The first-order chi connectivity index (χ1) is 9.94. The summed E-state index contributed by atoms with van der Waals surface area (Å²) in [5.41, 5.74) is 14.6. The number of hydrogen-bond donors (Lipinski definition) is 2. The SMILES string of the molecule is Nc1ccc(CCS(=O)(=O)CCc2ccc(N)cc2)cc1. The number of anilines is 2. The lowest BCUT2D eigenvalue weighted by atomic mass is 10.1. The summed E-state index contributed by atoms with van der Waals surface area (Å²) in [7, 11) is -3.06. The zero-order valence-corrected chi connectivity index (χ0v) is 12.6. The lowest BCUT2D eigenvalue weighted by Crippen LogP contribution is -2.14. The largest absolute Gasteiger partial charge is 0.399 e. The second kappa shape index (κ2) is 6.63. The molecule has 0 fully saturated rings. The molecule has 0 amide bonds. The predicted molar refractivity (Wildman–Crippen MR) is 87.8 cm³/mol. The standard InChI is InChI=1S/C16H20N2O2S/c17-15-5-1-13(2-6-15)9-11-21(19,20)12-10-14-3-7-16(18)8-4-14/h1-8H,9-12,17-18H2. The van der Waals surface area contributed by atoms with E-state index >= 15 is 0 Å². The molecule has 0 radical (unpaired) electrons. The second-order valence-electron chi connectivity index (χ2n) is 5.13. The van der Waals surface area contributed by atoms with Crippen molar-refractivity contribution in [3.05, 3.63) is 59.7 Å². The molecular formula is C16H20N2O2S. The molecule has 0 bridgehead atoms. The fourth-order valence-corrected chi connectivity index (χ4v) is 3.31. The monoisotopic (exact) mass is 304 g/mol. The van der Waals surface area contributed by atoms with Crippen LogP contribution in [-0.2, 0) is 22.7 Å². The third-order valence-electron chi connectivity index (χ3n) is 3.36. The van der Waals surface area contributed by atoms with Gasteiger partial charge >= 0.3 is 0 Å². The number of benzene rings is 2. The van der Waals surface area contributed by atoms with E-state index in [2.05, 4.69) is 0 Å². The molecule has 0 unspecified atom stereocenters. The number of nitrogen functional groups attached to an aromatic ring is 2. The van der Waals surface area contributed by atoms with Crippen molar-refractivity contribution in [2.24, 2.45) is 0 Å². The number of sulfone groups is 1. The van der Waals surface area contributed by atoms with Gasteiger partial charge in [-0.1, -0.05) is 24.3 Å². The van der Waals surface area contributed by atoms with Gasteiger partial charge in [-0.3, -0.25) is 0 Å². The Morgan fingerprint density at radius 3 is 1.33 bits per heavy atom. The smallest absolute Gasteiger partial charge is 0.150 e. The van der Waals surface area contributed by atoms with E-state index in [4.69, 9.17) is 11.5 Å². The molecule has 0 heterocycles. The minimum Gasteiger partial charge on any atom is -0.399 e. The molecule has 2 aromatic carbocycles. The molecule has 0 aliphatic heterocycles. The van der Waals surface area contributed by atoms with Gasteiger partial charge in [-0.15, -0.1) is 0 Å². The molecule has 2 aromatic rings. The fourth-order valence-electron chi connectivity index (χ4n) is 2.02. The van der Waals surface area contributed by atoms with Crippen molar-refractivity contribution in [1.82, 2.24) is 0 Å². The van der Waals surface area contributed by atoms with Crippen molar-refractivity contribution in [1.29, 1.82) is 0 Å². The van der Waals surface area contributed by atoms with Crippen LogP contribution in [0.3, 0.4) is 0 Å². The van der Waals surface area contributed by atoms with Crippen LogP contribution in [0, 0.1) is 0 Å². The van der Waals surface area contributed by atoms with Gasteiger partial charge < -0.3 is 11.5 Å². The summed E-state index contributed by atoms with van der Waals surface area (Å²) in [5, 5.41) is 0. The maximum absolute atomic E-state index is 12.1. The van der Waals surface area contributed by atoms with Crippen molar-refractivity contribution in [3.8, 4) is 0 Å². The Morgan fingerprint density at radius 1 is 0.667 bits per heavy atom. The van der Waals surface area contributed by atoms with Crippen LogP contribution in [0.1, 0.15) is 11.1 Å². The number of hydrogen-bond acceptors (Lipinski definition) is 4. The van der Waals surface area contributed by atoms with Crippen LogP contribution in [-0.4, -0.2) is 19.9 Å². The minimum atomic E-state index is -3.06. The summed E-state index contributed by atoms with van der Waals surface area (Å²) in [5.74, 6) is 0.317. The van der Waals surface area contributed by atoms with E-state index in [0.29, 0.717) is 24.2 Å². The Balaban J connectivity index is 1.87. The van der Waals surface area contributed by atoms with Crippen LogP contribution in [0.2, 0.25) is 0 Å². The van der Waals surface area contributed by atoms with Crippen molar-refractivity contribution in [2.75, 3.05) is 23.0 Å². The van der Waals surface area contributed by atoms with Gasteiger partial charge in [-0.2, -0.15) is 0 Å². The van der Waals surface area contributed by atoms with E-state index in [9.17, 15) is 8.42 Å². The molecular weight excluding hydrogens is 284 g/mol. The zero-order valence-electron chi connectivity index (χ0n) is 11.8. The van der Waals surface area contributed by atoms with Gasteiger partial charge in [-0.05, 0) is 48.2 Å². The molecule has 2 rings (SSSR count). The molecule has 4 nitrogen and oxygen atoms in total. The average Bonchev–Trinajstić information content (AvgIpc) is 2.46. The van der Waals surface area contributed by atoms with Gasteiger partial charge in [0.1, 0.15) is 0 Å². The predicted octanol–water partition coefficient (Wildman–Crippen LogP) is 2.05. The van der Waals surface area contributed by atoms with E-state index in [1.165, 1.54) is 0 Å². The summed E-state index contributed by atoms with van der Waals surface area (Å²) in [6.45, 7) is 0. The molecule has 5 heteroatoms. The van der Waals surface area contributed by atoms with Crippen LogP contribution < -0.4 is 11.5 Å². The highest BCUT2D eigenvalue weighted by atomic mass is 32.2. The van der Waals surface area contributed by atoms with Crippen molar-refractivity contribution < 1.29 is 8.42 Å². The first-order valence-corrected chi connectivity index (χ1v) is 8.66. The molecule has 0 aromatic heterocycles. The topological polar surface area (TPSA) is 86.2 Å². The molecule has 112 valence electrons. The van der Waals surface area contributed by atoms with Crippen molar-refractivity contribution >= 4 is 21.2 Å². The maximum atomic E-state index is 12.1. The van der Waals surface area contributed by atoms with Gasteiger partial charge in [0, 0.05) is 11.4 Å². The highest BCUT2D eigenvalue weighted by Crippen LogP contribution is 2.10. The lowest BCUT2D eigenvalue weighted by Gasteiger charge is -2.06. The molecule has 0 aliphatic rings. The van der Waals surface area contributed by atoms with Crippen LogP contribution in [0.15, 0.2) is 48.5 Å². The quantitative estimate of drug-likeness (QED) is 0.800. The Hall–Kier alpha value is -2.01. The Morgan fingerprint density at radius 2 is 1.00 bits per heavy atom. The van der Waals surface area contributed by atoms with Gasteiger partial charge in [0.05, 0.1) is 11.5 Å². The molecule has 0 aliphatic carbocycles. The molecule has 0 spiro atoms. The van der Waals surface area contributed by atoms with E-state index in [-0.39, 0.29) is 11.5 Å². The Kier molecular flexibility index (Phi) is 4.85. The van der Waals surface area contributed by atoms with Gasteiger partial charge in [0.2, 0.25) is 0 Å². The van der Waals surface area contributed by atoms with Crippen LogP contribution in [0.25, 0.3) is 0 Å². The highest BCUT2D eigenvalue weighted by Gasteiger charge is 2.11. The van der Waals surface area contributed by atoms with E-state index in [1.54, 1.807) is 24.3 Å². The van der Waals surface area contributed by atoms with Crippen LogP contribution in [0.4, 0.5) is 11.4 Å². The normalized spacial score (nSPS) is 11.4. The van der Waals surface area contributed by atoms with Gasteiger partial charge in [-0.25, -0.2) is 8.42 Å². The Bertz CT molecular complexity index is 622. The van der Waals surface area contributed by atoms with Crippen LogP contribution >= 0.6 is 0 Å². The molecule has 4 N–H and O–H groups in total. The van der Waals surface area contributed by atoms with E-state index in [1.807, 2.05) is 24.3 Å². The number of aryl methyl sites for hydroxylation is 2. The molecule has 0 saturated heterocycles. The summed E-state index contributed by atoms with van der Waals surface area (Å²) >= 11 is 0. The summed E-state index contributed by atoms with van der Waals surface area (Å²) < 4.78 is 24.1.